The second-order valence-corrected chi connectivity index (χ2v) is 7.70. The van der Waals surface area contributed by atoms with E-state index < -0.39 is 24.0 Å². The van der Waals surface area contributed by atoms with Crippen molar-refractivity contribution in [3.63, 3.8) is 0 Å². The molecular formula is C24H22N2O5. The van der Waals surface area contributed by atoms with Crippen LogP contribution in [0.2, 0.25) is 0 Å². The number of anilines is 2. The van der Waals surface area contributed by atoms with E-state index in [0.717, 1.165) is 5.39 Å². The number of amides is 2. The summed E-state index contributed by atoms with van der Waals surface area (Å²) in [6.07, 6.45) is 0. The highest BCUT2D eigenvalue weighted by Gasteiger charge is 2.43. The van der Waals surface area contributed by atoms with E-state index in [-0.39, 0.29) is 5.91 Å². The molecule has 3 aromatic carbocycles. The van der Waals surface area contributed by atoms with Crippen LogP contribution in [0.25, 0.3) is 10.8 Å². The Morgan fingerprint density at radius 3 is 2.39 bits per heavy atom. The Balaban J connectivity index is 1.59. The fourth-order valence-corrected chi connectivity index (χ4v) is 3.80. The molecule has 1 heterocycles. The van der Waals surface area contributed by atoms with E-state index in [4.69, 9.17) is 9.47 Å². The van der Waals surface area contributed by atoms with Crippen molar-refractivity contribution in [2.45, 2.75) is 19.4 Å². The maximum absolute atomic E-state index is 13.1. The van der Waals surface area contributed by atoms with Gasteiger partial charge in [-0.05, 0) is 43.5 Å². The van der Waals surface area contributed by atoms with Crippen molar-refractivity contribution < 1.29 is 23.9 Å². The lowest BCUT2D eigenvalue weighted by Gasteiger charge is -2.41. The fraction of sp³-hybridized carbons (Fsp3) is 0.208. The average Bonchev–Trinajstić information content (AvgIpc) is 2.77. The summed E-state index contributed by atoms with van der Waals surface area (Å²) in [7, 11) is 1.56. The van der Waals surface area contributed by atoms with E-state index in [0.29, 0.717) is 28.1 Å². The molecule has 0 radical (unpaired) electrons. The lowest BCUT2D eigenvalue weighted by Crippen LogP contribution is -2.59. The minimum absolute atomic E-state index is 0.313. The molecule has 0 fully saturated rings. The molecule has 2 amide bonds. The van der Waals surface area contributed by atoms with Crippen molar-refractivity contribution in [3.8, 4) is 5.75 Å². The summed E-state index contributed by atoms with van der Waals surface area (Å²) in [5.74, 6) is -0.786. The minimum atomic E-state index is -1.13. The Bertz CT molecular complexity index is 1200. The first-order valence-corrected chi connectivity index (χ1v) is 9.81. The molecule has 0 atom stereocenters. The largest absolute Gasteiger partial charge is 0.496 e. The third kappa shape index (κ3) is 3.48. The maximum atomic E-state index is 13.1. The van der Waals surface area contributed by atoms with Gasteiger partial charge in [0.15, 0.2) is 6.61 Å². The number of fused-ring (bicyclic) bond motifs is 2. The van der Waals surface area contributed by atoms with Gasteiger partial charge in [-0.3, -0.25) is 14.5 Å². The number of nitrogens with zero attached hydrogens (tertiary/aromatic N) is 1. The summed E-state index contributed by atoms with van der Waals surface area (Å²) in [4.78, 5) is 39.8. The fourth-order valence-electron chi connectivity index (χ4n) is 3.80. The second-order valence-electron chi connectivity index (χ2n) is 7.70. The number of ether oxygens (including phenoxy) is 2. The van der Waals surface area contributed by atoms with Gasteiger partial charge in [0, 0.05) is 5.39 Å². The van der Waals surface area contributed by atoms with Gasteiger partial charge in [-0.2, -0.15) is 0 Å². The van der Waals surface area contributed by atoms with Crippen LogP contribution in [-0.2, 0) is 14.3 Å². The first-order chi connectivity index (χ1) is 14.8. The van der Waals surface area contributed by atoms with Crippen LogP contribution in [0.4, 0.5) is 11.4 Å². The molecule has 1 N–H and O–H groups in total. The Labute approximate surface area is 179 Å². The highest BCUT2D eigenvalue weighted by atomic mass is 16.5. The average molecular weight is 418 g/mol. The molecule has 0 saturated carbocycles. The normalized spacial score (nSPS) is 14.5. The summed E-state index contributed by atoms with van der Waals surface area (Å²) in [5, 5.41) is 4.24. The van der Waals surface area contributed by atoms with Crippen LogP contribution in [0.3, 0.4) is 0 Å². The van der Waals surface area contributed by atoms with Gasteiger partial charge in [0.05, 0.1) is 24.0 Å². The first-order valence-electron chi connectivity index (χ1n) is 9.81. The monoisotopic (exact) mass is 418 g/mol. The summed E-state index contributed by atoms with van der Waals surface area (Å²) in [6, 6.07) is 17.6. The molecule has 0 aromatic heterocycles. The van der Waals surface area contributed by atoms with Crippen LogP contribution in [0, 0.1) is 0 Å². The molecule has 7 heteroatoms. The summed E-state index contributed by atoms with van der Waals surface area (Å²) < 4.78 is 10.7. The van der Waals surface area contributed by atoms with Crippen LogP contribution in [-0.4, -0.2) is 37.0 Å². The molecule has 158 valence electrons. The number of esters is 1. The van der Waals surface area contributed by atoms with Gasteiger partial charge in [-0.1, -0.05) is 36.4 Å². The zero-order chi connectivity index (χ0) is 22.2. The molecule has 0 saturated heterocycles. The van der Waals surface area contributed by atoms with Gasteiger partial charge in [0.1, 0.15) is 11.3 Å². The lowest BCUT2D eigenvalue weighted by atomic mass is 9.96. The molecule has 4 rings (SSSR count). The molecule has 3 aromatic rings. The van der Waals surface area contributed by atoms with Crippen LogP contribution >= 0.6 is 0 Å². The smallest absolute Gasteiger partial charge is 0.339 e. The molecule has 1 aliphatic heterocycles. The van der Waals surface area contributed by atoms with Crippen molar-refractivity contribution in [1.29, 1.82) is 0 Å². The number of carbonyl (C=O) groups excluding carboxylic acids is 3. The Morgan fingerprint density at radius 2 is 1.65 bits per heavy atom. The minimum Gasteiger partial charge on any atom is -0.496 e. The molecule has 0 aliphatic carbocycles. The Morgan fingerprint density at radius 1 is 0.968 bits per heavy atom. The number of benzene rings is 3. The summed E-state index contributed by atoms with van der Waals surface area (Å²) >= 11 is 0. The van der Waals surface area contributed by atoms with E-state index in [1.165, 1.54) is 4.90 Å². The quantitative estimate of drug-likeness (QED) is 0.652. The van der Waals surface area contributed by atoms with Crippen molar-refractivity contribution >= 4 is 39.9 Å². The third-order valence-electron chi connectivity index (χ3n) is 5.41. The molecule has 31 heavy (non-hydrogen) atoms. The van der Waals surface area contributed by atoms with Gasteiger partial charge >= 0.3 is 5.97 Å². The predicted molar refractivity (Wildman–Crippen MR) is 117 cm³/mol. The molecular weight excluding hydrogens is 396 g/mol. The highest BCUT2D eigenvalue weighted by Crippen LogP contribution is 2.36. The Hall–Kier alpha value is -3.87. The number of para-hydroxylation sites is 2. The van der Waals surface area contributed by atoms with Gasteiger partial charge in [-0.15, -0.1) is 0 Å². The van der Waals surface area contributed by atoms with Crippen LogP contribution < -0.4 is 15.0 Å². The van der Waals surface area contributed by atoms with E-state index in [2.05, 4.69) is 5.32 Å². The van der Waals surface area contributed by atoms with Crippen molar-refractivity contribution in [3.05, 3.63) is 66.2 Å². The van der Waals surface area contributed by atoms with Crippen LogP contribution in [0.5, 0.6) is 5.75 Å². The van der Waals surface area contributed by atoms with Crippen molar-refractivity contribution in [2.75, 3.05) is 23.9 Å². The number of carbonyl (C=O) groups is 3. The van der Waals surface area contributed by atoms with Crippen molar-refractivity contribution in [1.82, 2.24) is 0 Å². The van der Waals surface area contributed by atoms with Gasteiger partial charge in [0.2, 0.25) is 5.91 Å². The molecule has 0 unspecified atom stereocenters. The maximum Gasteiger partial charge on any atom is 0.339 e. The zero-order valence-corrected chi connectivity index (χ0v) is 17.5. The molecule has 0 spiro atoms. The molecule has 0 bridgehead atoms. The number of nitrogens with one attached hydrogen (secondary N) is 1. The van der Waals surface area contributed by atoms with Gasteiger partial charge in [0.25, 0.3) is 5.91 Å². The number of hydrogen-bond donors (Lipinski definition) is 1. The van der Waals surface area contributed by atoms with Crippen molar-refractivity contribution in [2.24, 2.45) is 0 Å². The SMILES string of the molecule is COc1ccc(C(=O)OCC(=O)N2c3ccccc3NC(=O)C2(C)C)c2ccccc12. The van der Waals surface area contributed by atoms with Gasteiger partial charge in [-0.25, -0.2) is 4.79 Å². The summed E-state index contributed by atoms with van der Waals surface area (Å²) in [6.45, 7) is 2.80. The number of rotatable bonds is 4. The number of hydrogen-bond acceptors (Lipinski definition) is 5. The summed E-state index contributed by atoms with van der Waals surface area (Å²) in [5.41, 5.74) is 0.293. The van der Waals surface area contributed by atoms with E-state index in [1.807, 2.05) is 18.2 Å². The lowest BCUT2D eigenvalue weighted by molar-refractivity contribution is -0.128. The van der Waals surface area contributed by atoms with Gasteiger partial charge < -0.3 is 14.8 Å². The van der Waals surface area contributed by atoms with Crippen LogP contribution in [0.15, 0.2) is 60.7 Å². The van der Waals surface area contributed by atoms with Crippen LogP contribution in [0.1, 0.15) is 24.2 Å². The highest BCUT2D eigenvalue weighted by molar-refractivity contribution is 6.15. The third-order valence-corrected chi connectivity index (χ3v) is 5.41. The number of methoxy groups -OCH3 is 1. The topological polar surface area (TPSA) is 84.9 Å². The standard InChI is InChI=1S/C24H22N2O5/c1-24(2)23(29)25-18-10-6-7-11-19(18)26(24)21(27)14-31-22(28)17-12-13-20(30-3)16-9-5-4-8-15(16)17/h4-13H,14H2,1-3H3,(H,25,29). The first kappa shape index (κ1) is 20.4. The van der Waals surface area contributed by atoms with E-state index >= 15 is 0 Å². The molecule has 1 aliphatic rings. The second kappa shape index (κ2) is 7.75. The Kier molecular flexibility index (Phi) is 5.10. The zero-order valence-electron chi connectivity index (χ0n) is 17.5. The van der Waals surface area contributed by atoms with E-state index in [1.54, 1.807) is 63.4 Å². The van der Waals surface area contributed by atoms with E-state index in [9.17, 15) is 14.4 Å². The predicted octanol–water partition coefficient (Wildman–Crippen LogP) is 3.77. The molecule has 7 nitrogen and oxygen atoms in total.